The molecule has 2 aromatic rings. The van der Waals surface area contributed by atoms with Gasteiger partial charge in [0.2, 0.25) is 0 Å². The molecule has 0 amide bonds. The Kier molecular flexibility index (Phi) is 3.57. The standard InChI is InChI=1S/C12H13N3O3/c1-3-18-12(16)9-8-13-11(7-10(9)17-2)15-6-4-5-14-15/h4-8H,3H2,1-2H3. The lowest BCUT2D eigenvalue weighted by molar-refractivity contribution is 0.0522. The van der Waals surface area contributed by atoms with Crippen molar-refractivity contribution in [3.05, 3.63) is 36.3 Å². The van der Waals surface area contributed by atoms with Crippen molar-refractivity contribution in [1.29, 1.82) is 0 Å². The Balaban J connectivity index is 2.37. The van der Waals surface area contributed by atoms with Gasteiger partial charge >= 0.3 is 5.97 Å². The van der Waals surface area contributed by atoms with Gasteiger partial charge < -0.3 is 9.47 Å². The van der Waals surface area contributed by atoms with Crippen molar-refractivity contribution in [1.82, 2.24) is 14.8 Å². The first kappa shape index (κ1) is 12.1. The highest BCUT2D eigenvalue weighted by atomic mass is 16.5. The van der Waals surface area contributed by atoms with Gasteiger partial charge in [0.25, 0.3) is 0 Å². The van der Waals surface area contributed by atoms with Crippen LogP contribution in [0.2, 0.25) is 0 Å². The summed E-state index contributed by atoms with van der Waals surface area (Å²) < 4.78 is 11.7. The fraction of sp³-hybridized carbons (Fsp3) is 0.250. The van der Waals surface area contributed by atoms with E-state index in [4.69, 9.17) is 9.47 Å². The lowest BCUT2D eigenvalue weighted by Gasteiger charge is -2.09. The number of methoxy groups -OCH3 is 1. The first-order valence-electron chi connectivity index (χ1n) is 5.47. The van der Waals surface area contributed by atoms with E-state index in [0.29, 0.717) is 23.7 Å². The normalized spacial score (nSPS) is 10.1. The van der Waals surface area contributed by atoms with Crippen LogP contribution in [0.15, 0.2) is 30.7 Å². The van der Waals surface area contributed by atoms with Crippen LogP contribution >= 0.6 is 0 Å². The number of nitrogens with zero attached hydrogens (tertiary/aromatic N) is 3. The van der Waals surface area contributed by atoms with Crippen LogP contribution in [0.25, 0.3) is 5.82 Å². The molecule has 2 aromatic heterocycles. The molecule has 0 N–H and O–H groups in total. The third-order valence-electron chi connectivity index (χ3n) is 2.31. The minimum absolute atomic E-state index is 0.301. The van der Waals surface area contributed by atoms with Gasteiger partial charge in [0.15, 0.2) is 5.82 Å². The van der Waals surface area contributed by atoms with Crippen LogP contribution in [0.1, 0.15) is 17.3 Å². The van der Waals surface area contributed by atoms with E-state index in [-0.39, 0.29) is 0 Å². The molecule has 0 atom stereocenters. The monoisotopic (exact) mass is 247 g/mol. The Hall–Kier alpha value is -2.37. The molecule has 0 aliphatic rings. The average molecular weight is 247 g/mol. The highest BCUT2D eigenvalue weighted by Crippen LogP contribution is 2.20. The third kappa shape index (κ3) is 2.32. The van der Waals surface area contributed by atoms with Crippen molar-refractivity contribution in [2.45, 2.75) is 6.92 Å². The Morgan fingerprint density at radius 3 is 2.94 bits per heavy atom. The minimum atomic E-state index is -0.450. The number of esters is 1. The van der Waals surface area contributed by atoms with Crippen LogP contribution < -0.4 is 4.74 Å². The van der Waals surface area contributed by atoms with Crippen LogP contribution in [-0.4, -0.2) is 34.5 Å². The first-order chi connectivity index (χ1) is 8.76. The molecule has 0 aliphatic heterocycles. The van der Waals surface area contributed by atoms with E-state index >= 15 is 0 Å². The van der Waals surface area contributed by atoms with Crippen LogP contribution in [0, 0.1) is 0 Å². The predicted molar refractivity (Wildman–Crippen MR) is 63.9 cm³/mol. The number of carbonyl (C=O) groups excluding carboxylic acids is 1. The number of rotatable bonds is 4. The van der Waals surface area contributed by atoms with E-state index in [0.717, 1.165) is 0 Å². The molecule has 0 radical (unpaired) electrons. The first-order valence-corrected chi connectivity index (χ1v) is 5.47. The van der Waals surface area contributed by atoms with E-state index in [1.54, 1.807) is 36.1 Å². The van der Waals surface area contributed by atoms with Crippen molar-refractivity contribution in [3.63, 3.8) is 0 Å². The number of pyridine rings is 1. The summed E-state index contributed by atoms with van der Waals surface area (Å²) in [4.78, 5) is 15.8. The van der Waals surface area contributed by atoms with E-state index in [9.17, 15) is 4.79 Å². The minimum Gasteiger partial charge on any atom is -0.496 e. The zero-order valence-corrected chi connectivity index (χ0v) is 10.2. The van der Waals surface area contributed by atoms with Gasteiger partial charge in [-0.1, -0.05) is 0 Å². The molecule has 0 bridgehead atoms. The smallest absolute Gasteiger partial charge is 0.343 e. The molecule has 0 aromatic carbocycles. The fourth-order valence-electron chi connectivity index (χ4n) is 1.49. The van der Waals surface area contributed by atoms with Crippen LogP contribution in [-0.2, 0) is 4.74 Å². The van der Waals surface area contributed by atoms with Crippen LogP contribution in [0.5, 0.6) is 5.75 Å². The van der Waals surface area contributed by atoms with Crippen molar-refractivity contribution < 1.29 is 14.3 Å². The van der Waals surface area contributed by atoms with Crippen molar-refractivity contribution in [2.24, 2.45) is 0 Å². The van der Waals surface area contributed by atoms with Gasteiger partial charge in [-0.3, -0.25) is 0 Å². The summed E-state index contributed by atoms with van der Waals surface area (Å²) in [5.74, 6) is 0.535. The summed E-state index contributed by atoms with van der Waals surface area (Å²) >= 11 is 0. The van der Waals surface area contributed by atoms with Crippen molar-refractivity contribution >= 4 is 5.97 Å². The van der Waals surface area contributed by atoms with Crippen LogP contribution in [0.4, 0.5) is 0 Å². The topological polar surface area (TPSA) is 66.2 Å². The van der Waals surface area contributed by atoms with Gasteiger partial charge in [0.1, 0.15) is 11.3 Å². The molecule has 0 saturated carbocycles. The number of carbonyl (C=O) groups is 1. The molecule has 94 valence electrons. The second kappa shape index (κ2) is 5.31. The number of hydrogen-bond donors (Lipinski definition) is 0. The molecular formula is C12H13N3O3. The van der Waals surface area contributed by atoms with Crippen LogP contribution in [0.3, 0.4) is 0 Å². The van der Waals surface area contributed by atoms with E-state index in [1.165, 1.54) is 13.3 Å². The molecule has 0 spiro atoms. The Labute approximate surface area is 104 Å². The molecule has 6 nitrogen and oxygen atoms in total. The number of hydrogen-bond acceptors (Lipinski definition) is 5. The van der Waals surface area contributed by atoms with Gasteiger partial charge in [-0.25, -0.2) is 14.5 Å². The van der Waals surface area contributed by atoms with E-state index < -0.39 is 5.97 Å². The lowest BCUT2D eigenvalue weighted by Crippen LogP contribution is -2.09. The lowest BCUT2D eigenvalue weighted by atomic mass is 10.2. The van der Waals surface area contributed by atoms with E-state index in [2.05, 4.69) is 10.1 Å². The summed E-state index contributed by atoms with van der Waals surface area (Å²) in [5.41, 5.74) is 0.301. The Morgan fingerprint density at radius 2 is 2.33 bits per heavy atom. The average Bonchev–Trinajstić information content (AvgIpc) is 2.92. The highest BCUT2D eigenvalue weighted by Gasteiger charge is 2.15. The molecule has 0 saturated heterocycles. The predicted octanol–water partition coefficient (Wildman–Crippen LogP) is 1.45. The summed E-state index contributed by atoms with van der Waals surface area (Å²) in [6.07, 6.45) is 4.83. The second-order valence-electron chi connectivity index (χ2n) is 3.41. The third-order valence-corrected chi connectivity index (χ3v) is 2.31. The van der Waals surface area contributed by atoms with Gasteiger partial charge in [-0.05, 0) is 13.0 Å². The molecule has 6 heteroatoms. The maximum atomic E-state index is 11.7. The molecule has 2 rings (SSSR count). The Morgan fingerprint density at radius 1 is 1.50 bits per heavy atom. The molecular weight excluding hydrogens is 234 g/mol. The largest absolute Gasteiger partial charge is 0.496 e. The van der Waals surface area contributed by atoms with Gasteiger partial charge in [-0.15, -0.1) is 0 Å². The molecule has 0 aliphatic carbocycles. The summed E-state index contributed by atoms with van der Waals surface area (Å²) in [6.45, 7) is 2.05. The highest BCUT2D eigenvalue weighted by molar-refractivity contribution is 5.92. The second-order valence-corrected chi connectivity index (χ2v) is 3.41. The van der Waals surface area contributed by atoms with Crippen molar-refractivity contribution in [3.8, 4) is 11.6 Å². The fourth-order valence-corrected chi connectivity index (χ4v) is 1.49. The molecule has 18 heavy (non-hydrogen) atoms. The molecule has 0 fully saturated rings. The zero-order valence-electron chi connectivity index (χ0n) is 10.2. The van der Waals surface area contributed by atoms with Gasteiger partial charge in [0.05, 0.1) is 13.7 Å². The van der Waals surface area contributed by atoms with E-state index in [1.807, 2.05) is 0 Å². The summed E-state index contributed by atoms with van der Waals surface area (Å²) in [5, 5.41) is 4.06. The SMILES string of the molecule is CCOC(=O)c1cnc(-n2cccn2)cc1OC. The van der Waals surface area contributed by atoms with Crippen molar-refractivity contribution in [2.75, 3.05) is 13.7 Å². The molecule has 0 unspecified atom stereocenters. The maximum Gasteiger partial charge on any atom is 0.343 e. The van der Waals surface area contributed by atoms with Gasteiger partial charge in [0, 0.05) is 24.7 Å². The summed E-state index contributed by atoms with van der Waals surface area (Å²) in [6, 6.07) is 3.42. The number of aromatic nitrogens is 3. The Bertz CT molecular complexity index is 538. The summed E-state index contributed by atoms with van der Waals surface area (Å²) in [7, 11) is 1.49. The quantitative estimate of drug-likeness (QED) is 0.765. The molecule has 2 heterocycles. The number of ether oxygens (including phenoxy) is 2. The maximum absolute atomic E-state index is 11.7. The zero-order chi connectivity index (χ0) is 13.0. The van der Waals surface area contributed by atoms with Gasteiger partial charge in [-0.2, -0.15) is 5.10 Å².